The summed E-state index contributed by atoms with van der Waals surface area (Å²) in [6.07, 6.45) is -3.04. The highest BCUT2D eigenvalue weighted by Gasteiger charge is 2.32. The minimum Gasteiger partial charge on any atom is -0.395 e. The highest BCUT2D eigenvalue weighted by atomic mass is 35.5. The lowest BCUT2D eigenvalue weighted by Crippen LogP contribution is -2.34. The van der Waals surface area contributed by atoms with E-state index >= 15 is 0 Å². The zero-order chi connectivity index (χ0) is 23.3. The van der Waals surface area contributed by atoms with E-state index in [1.165, 1.54) is 0 Å². The van der Waals surface area contributed by atoms with E-state index in [4.69, 9.17) is 17.3 Å². The first kappa shape index (κ1) is 23.8. The molecule has 0 atom stereocenters. The Morgan fingerprint density at radius 1 is 1.03 bits per heavy atom. The Morgan fingerprint density at radius 3 is 2.34 bits per heavy atom. The Kier molecular flexibility index (Phi) is 7.58. The molecule has 170 valence electrons. The third-order valence-electron chi connectivity index (χ3n) is 5.15. The highest BCUT2D eigenvalue weighted by molar-refractivity contribution is 6.33. The molecular weight excluding hydrogens is 441 g/mol. The van der Waals surface area contributed by atoms with Gasteiger partial charge >= 0.3 is 6.18 Å². The number of aliphatic imine (C=N–C) groups is 1. The Labute approximate surface area is 190 Å². The van der Waals surface area contributed by atoms with Crippen LogP contribution in [0.2, 0.25) is 5.02 Å². The summed E-state index contributed by atoms with van der Waals surface area (Å²) in [5, 5.41) is 0.293. The van der Waals surface area contributed by atoms with Crippen LogP contribution >= 0.6 is 11.6 Å². The molecule has 1 saturated heterocycles. The summed E-state index contributed by atoms with van der Waals surface area (Å²) in [7, 11) is 2.02. The zero-order valence-electron chi connectivity index (χ0n) is 17.6. The lowest BCUT2D eigenvalue weighted by Gasteiger charge is -2.20. The number of amides is 1. The SMILES string of the molecule is CN1CCCN(C(=O)c2ccc(C(C=C(N)C(F)(F)F)=Nc3ccccc3Cl)cc2)CC1. The third kappa shape index (κ3) is 6.11. The summed E-state index contributed by atoms with van der Waals surface area (Å²) in [5.41, 5.74) is 5.10. The maximum Gasteiger partial charge on any atom is 0.430 e. The fourth-order valence-electron chi connectivity index (χ4n) is 3.30. The number of nitrogens with two attached hydrogens (primary N) is 1. The number of hydrogen-bond donors (Lipinski definition) is 1. The van der Waals surface area contributed by atoms with Gasteiger partial charge in [-0.05, 0) is 50.4 Å². The Bertz CT molecular complexity index is 1020. The van der Waals surface area contributed by atoms with Crippen LogP contribution < -0.4 is 5.73 Å². The maximum absolute atomic E-state index is 13.1. The van der Waals surface area contributed by atoms with Crippen molar-refractivity contribution in [1.29, 1.82) is 0 Å². The Hall–Kier alpha value is -2.84. The van der Waals surface area contributed by atoms with Gasteiger partial charge in [0, 0.05) is 30.8 Å². The molecule has 3 rings (SSSR count). The van der Waals surface area contributed by atoms with E-state index in [0.29, 0.717) is 34.9 Å². The van der Waals surface area contributed by atoms with Gasteiger partial charge in [0.25, 0.3) is 5.91 Å². The summed E-state index contributed by atoms with van der Waals surface area (Å²) in [6, 6.07) is 12.9. The van der Waals surface area contributed by atoms with Gasteiger partial charge in [0.2, 0.25) is 0 Å². The molecule has 5 nitrogen and oxygen atoms in total. The molecule has 0 radical (unpaired) electrons. The number of hydrogen-bond acceptors (Lipinski definition) is 4. The molecule has 32 heavy (non-hydrogen) atoms. The predicted molar refractivity (Wildman–Crippen MR) is 120 cm³/mol. The van der Waals surface area contributed by atoms with E-state index in [2.05, 4.69) is 9.89 Å². The molecule has 2 aromatic carbocycles. The number of likely N-dealkylation sites (N-methyl/N-ethyl adjacent to an activating group) is 1. The van der Waals surface area contributed by atoms with Gasteiger partial charge in [0.15, 0.2) is 0 Å². The van der Waals surface area contributed by atoms with Crippen LogP contribution in [0.3, 0.4) is 0 Å². The number of carbonyl (C=O) groups is 1. The van der Waals surface area contributed by atoms with Gasteiger partial charge in [-0.15, -0.1) is 0 Å². The lowest BCUT2D eigenvalue weighted by molar-refractivity contribution is -0.0925. The molecule has 0 aromatic heterocycles. The molecule has 1 fully saturated rings. The molecule has 0 spiro atoms. The van der Waals surface area contributed by atoms with Crippen LogP contribution in [0.25, 0.3) is 0 Å². The number of benzene rings is 2. The molecule has 0 bridgehead atoms. The fraction of sp³-hybridized carbons (Fsp3) is 0.304. The van der Waals surface area contributed by atoms with Crippen molar-refractivity contribution in [3.8, 4) is 0 Å². The molecule has 0 aliphatic carbocycles. The van der Waals surface area contributed by atoms with Gasteiger partial charge in [-0.2, -0.15) is 13.2 Å². The average molecular weight is 465 g/mol. The first-order valence-electron chi connectivity index (χ1n) is 10.1. The van der Waals surface area contributed by atoms with Gasteiger partial charge in [0.05, 0.1) is 16.4 Å². The Morgan fingerprint density at radius 2 is 1.69 bits per heavy atom. The van der Waals surface area contributed by atoms with E-state index in [1.807, 2.05) is 7.05 Å². The van der Waals surface area contributed by atoms with Crippen LogP contribution in [0.5, 0.6) is 0 Å². The van der Waals surface area contributed by atoms with Crippen molar-refractivity contribution in [2.24, 2.45) is 10.7 Å². The van der Waals surface area contributed by atoms with E-state index < -0.39 is 11.9 Å². The van der Waals surface area contributed by atoms with Crippen LogP contribution in [0.1, 0.15) is 22.3 Å². The minimum atomic E-state index is -4.70. The number of halogens is 4. The van der Waals surface area contributed by atoms with Crippen LogP contribution in [0.15, 0.2) is 65.3 Å². The number of nitrogens with zero attached hydrogens (tertiary/aromatic N) is 3. The number of para-hydroxylation sites is 1. The van der Waals surface area contributed by atoms with Crippen LogP contribution in [-0.2, 0) is 0 Å². The van der Waals surface area contributed by atoms with Crippen LogP contribution in [0, 0.1) is 0 Å². The number of carbonyl (C=O) groups excluding carboxylic acids is 1. The summed E-state index contributed by atoms with van der Waals surface area (Å²) in [6.45, 7) is 3.01. The van der Waals surface area contributed by atoms with E-state index in [-0.39, 0.29) is 11.6 Å². The van der Waals surface area contributed by atoms with Crippen molar-refractivity contribution in [3.05, 3.63) is 76.5 Å². The number of alkyl halides is 3. The van der Waals surface area contributed by atoms with Crippen molar-refractivity contribution >= 4 is 28.9 Å². The van der Waals surface area contributed by atoms with Crippen molar-refractivity contribution in [2.45, 2.75) is 12.6 Å². The van der Waals surface area contributed by atoms with Gasteiger partial charge in [-0.3, -0.25) is 4.79 Å². The minimum absolute atomic E-state index is 0.0108. The summed E-state index contributed by atoms with van der Waals surface area (Å²) < 4.78 is 39.2. The standard InChI is InChI=1S/C23H24ClF3N4O/c1-30-11-4-12-31(14-13-30)22(32)17-9-7-16(8-10-17)20(15-21(28)23(25,26)27)29-19-6-3-2-5-18(19)24/h2-3,5-10,15H,4,11-14,28H2,1H3. The lowest BCUT2D eigenvalue weighted by atomic mass is 10.1. The Balaban J connectivity index is 1.92. The quantitative estimate of drug-likeness (QED) is 0.670. The van der Waals surface area contributed by atoms with E-state index in [1.54, 1.807) is 53.4 Å². The van der Waals surface area contributed by atoms with Gasteiger partial charge in [0.1, 0.15) is 5.70 Å². The normalized spacial score (nSPS) is 16.7. The first-order valence-corrected chi connectivity index (χ1v) is 10.5. The van der Waals surface area contributed by atoms with Crippen molar-refractivity contribution in [2.75, 3.05) is 33.2 Å². The number of allylic oxidation sites excluding steroid dienone is 2. The summed E-state index contributed by atoms with van der Waals surface area (Å²) >= 11 is 6.12. The topological polar surface area (TPSA) is 61.9 Å². The molecule has 1 aliphatic rings. The molecule has 9 heteroatoms. The van der Waals surface area contributed by atoms with Gasteiger partial charge < -0.3 is 15.5 Å². The maximum atomic E-state index is 13.1. The second kappa shape index (κ2) is 10.2. The van der Waals surface area contributed by atoms with E-state index in [9.17, 15) is 18.0 Å². The van der Waals surface area contributed by atoms with Crippen molar-refractivity contribution in [3.63, 3.8) is 0 Å². The zero-order valence-corrected chi connectivity index (χ0v) is 18.3. The van der Waals surface area contributed by atoms with Gasteiger partial charge in [-0.1, -0.05) is 35.9 Å². The second-order valence-electron chi connectivity index (χ2n) is 7.57. The van der Waals surface area contributed by atoms with Crippen LogP contribution in [-0.4, -0.2) is 60.8 Å². The second-order valence-corrected chi connectivity index (χ2v) is 7.98. The summed E-state index contributed by atoms with van der Waals surface area (Å²) in [5.74, 6) is -0.109. The molecule has 1 aliphatic heterocycles. The molecule has 1 heterocycles. The molecular formula is C23H24ClF3N4O. The fourth-order valence-corrected chi connectivity index (χ4v) is 3.48. The predicted octanol–water partition coefficient (Wildman–Crippen LogP) is 4.64. The smallest absolute Gasteiger partial charge is 0.395 e. The largest absolute Gasteiger partial charge is 0.430 e. The average Bonchev–Trinajstić information content (AvgIpc) is 2.98. The first-order chi connectivity index (χ1) is 15.1. The van der Waals surface area contributed by atoms with Crippen molar-refractivity contribution < 1.29 is 18.0 Å². The molecule has 2 N–H and O–H groups in total. The monoisotopic (exact) mass is 464 g/mol. The molecule has 0 saturated carbocycles. The highest BCUT2D eigenvalue weighted by Crippen LogP contribution is 2.27. The molecule has 1 amide bonds. The van der Waals surface area contributed by atoms with Gasteiger partial charge in [-0.25, -0.2) is 4.99 Å². The van der Waals surface area contributed by atoms with Crippen LogP contribution in [0.4, 0.5) is 18.9 Å². The number of rotatable bonds is 4. The third-order valence-corrected chi connectivity index (χ3v) is 5.47. The molecule has 2 aromatic rings. The molecule has 0 unspecified atom stereocenters. The van der Waals surface area contributed by atoms with Crippen molar-refractivity contribution in [1.82, 2.24) is 9.80 Å². The van der Waals surface area contributed by atoms with E-state index in [0.717, 1.165) is 25.6 Å². The summed E-state index contributed by atoms with van der Waals surface area (Å²) in [4.78, 5) is 21.1.